The van der Waals surface area contributed by atoms with Crippen LogP contribution < -0.4 is 9.47 Å². The zero-order chi connectivity index (χ0) is 15.5. The maximum atomic E-state index is 12.3. The van der Waals surface area contributed by atoms with Gasteiger partial charge in [-0.3, -0.25) is 4.79 Å². The predicted molar refractivity (Wildman–Crippen MR) is 82.1 cm³/mol. The molecule has 22 heavy (non-hydrogen) atoms. The molecule has 1 heterocycles. The summed E-state index contributed by atoms with van der Waals surface area (Å²) in [5.41, 5.74) is 0. The van der Waals surface area contributed by atoms with Crippen LogP contribution in [0.3, 0.4) is 0 Å². The summed E-state index contributed by atoms with van der Waals surface area (Å²) in [4.78, 5) is 14.3. The molecule has 0 aromatic heterocycles. The third-order valence-electron chi connectivity index (χ3n) is 4.76. The monoisotopic (exact) mass is 305 g/mol. The number of hydrogen-bond donors (Lipinski definition) is 0. The number of amides is 1. The predicted octanol–water partition coefficient (Wildman–Crippen LogP) is 2.10. The van der Waals surface area contributed by atoms with Gasteiger partial charge >= 0.3 is 0 Å². The zero-order valence-electron chi connectivity index (χ0n) is 13.2. The van der Waals surface area contributed by atoms with Crippen LogP contribution in [0.2, 0.25) is 0 Å². The molecule has 2 aliphatic rings. The molecule has 5 nitrogen and oxygen atoms in total. The average molecular weight is 305 g/mol. The summed E-state index contributed by atoms with van der Waals surface area (Å²) in [6.07, 6.45) is 3.39. The van der Waals surface area contributed by atoms with Crippen molar-refractivity contribution in [3.8, 4) is 11.5 Å². The lowest BCUT2D eigenvalue weighted by molar-refractivity contribution is -0.140. The molecule has 1 amide bonds. The molecule has 5 heteroatoms. The van der Waals surface area contributed by atoms with Crippen molar-refractivity contribution in [2.75, 3.05) is 27.4 Å². The number of benzene rings is 1. The van der Waals surface area contributed by atoms with Gasteiger partial charge in [0, 0.05) is 19.2 Å². The van der Waals surface area contributed by atoms with Crippen LogP contribution in [-0.4, -0.2) is 50.3 Å². The van der Waals surface area contributed by atoms with Crippen LogP contribution in [-0.2, 0) is 9.53 Å². The Kier molecular flexibility index (Phi) is 4.52. The highest BCUT2D eigenvalue weighted by molar-refractivity contribution is 5.78. The van der Waals surface area contributed by atoms with Crippen LogP contribution in [0, 0.1) is 5.92 Å². The Morgan fingerprint density at radius 2 is 2.09 bits per heavy atom. The largest absolute Gasteiger partial charge is 0.497 e. The summed E-state index contributed by atoms with van der Waals surface area (Å²) >= 11 is 0. The fourth-order valence-corrected chi connectivity index (χ4v) is 3.77. The normalized spacial score (nSPS) is 26.3. The topological polar surface area (TPSA) is 48.0 Å². The van der Waals surface area contributed by atoms with Crippen LogP contribution in [0.1, 0.15) is 19.3 Å². The molecule has 120 valence electrons. The first-order chi connectivity index (χ1) is 10.7. The molecule has 3 atom stereocenters. The SMILES string of the molecule is COCC(=O)N1C2CCC(C2)[C@H]1COc1cccc(OC)c1. The highest BCUT2D eigenvalue weighted by Gasteiger charge is 2.48. The fraction of sp³-hybridized carbons (Fsp3) is 0.588. The van der Waals surface area contributed by atoms with Gasteiger partial charge in [0.25, 0.3) is 0 Å². The van der Waals surface area contributed by atoms with Gasteiger partial charge in [-0.25, -0.2) is 0 Å². The number of nitrogens with zero attached hydrogens (tertiary/aromatic N) is 1. The van der Waals surface area contributed by atoms with Gasteiger partial charge in [0.15, 0.2) is 0 Å². The van der Waals surface area contributed by atoms with Gasteiger partial charge in [0.2, 0.25) is 5.91 Å². The van der Waals surface area contributed by atoms with E-state index in [1.54, 1.807) is 14.2 Å². The van der Waals surface area contributed by atoms with E-state index >= 15 is 0 Å². The minimum Gasteiger partial charge on any atom is -0.497 e. The van der Waals surface area contributed by atoms with Crippen molar-refractivity contribution in [3.63, 3.8) is 0 Å². The molecule has 0 N–H and O–H groups in total. The molecule has 0 radical (unpaired) electrons. The number of rotatable bonds is 6. The van der Waals surface area contributed by atoms with E-state index in [4.69, 9.17) is 14.2 Å². The smallest absolute Gasteiger partial charge is 0.249 e. The summed E-state index contributed by atoms with van der Waals surface area (Å²) in [7, 11) is 3.20. The van der Waals surface area contributed by atoms with Crippen LogP contribution in [0.25, 0.3) is 0 Å². The maximum Gasteiger partial charge on any atom is 0.249 e. The quantitative estimate of drug-likeness (QED) is 0.807. The average Bonchev–Trinajstić information content (AvgIpc) is 3.14. The molecule has 1 saturated carbocycles. The lowest BCUT2D eigenvalue weighted by Crippen LogP contribution is -2.49. The van der Waals surface area contributed by atoms with Gasteiger partial charge in [-0.15, -0.1) is 0 Å². The summed E-state index contributed by atoms with van der Waals surface area (Å²) in [6, 6.07) is 8.10. The van der Waals surface area contributed by atoms with Crippen molar-refractivity contribution >= 4 is 5.91 Å². The number of carbonyl (C=O) groups is 1. The Labute approximate surface area is 131 Å². The number of likely N-dealkylation sites (tertiary alicyclic amines) is 1. The Morgan fingerprint density at radius 1 is 1.27 bits per heavy atom. The Balaban J connectivity index is 1.66. The van der Waals surface area contributed by atoms with E-state index in [9.17, 15) is 4.79 Å². The Bertz CT molecular complexity index is 533. The van der Waals surface area contributed by atoms with Crippen LogP contribution in [0.5, 0.6) is 11.5 Å². The van der Waals surface area contributed by atoms with Crippen LogP contribution in [0.4, 0.5) is 0 Å². The number of hydrogen-bond acceptors (Lipinski definition) is 4. The number of ether oxygens (including phenoxy) is 3. The lowest BCUT2D eigenvalue weighted by atomic mass is 9.99. The summed E-state index contributed by atoms with van der Waals surface area (Å²) < 4.78 is 16.2. The van der Waals surface area contributed by atoms with Crippen LogP contribution >= 0.6 is 0 Å². The number of fused-ring (bicyclic) bond motifs is 2. The van der Waals surface area contributed by atoms with Gasteiger partial charge in [-0.2, -0.15) is 0 Å². The number of methoxy groups -OCH3 is 2. The van der Waals surface area contributed by atoms with Gasteiger partial charge in [0.05, 0.1) is 13.2 Å². The van der Waals surface area contributed by atoms with E-state index < -0.39 is 0 Å². The van der Waals surface area contributed by atoms with E-state index in [0.717, 1.165) is 24.3 Å². The Morgan fingerprint density at radius 3 is 2.86 bits per heavy atom. The lowest BCUT2D eigenvalue weighted by Gasteiger charge is -2.35. The van der Waals surface area contributed by atoms with Crippen molar-refractivity contribution in [3.05, 3.63) is 24.3 Å². The molecule has 2 fully saturated rings. The minimum atomic E-state index is 0.0777. The van der Waals surface area contributed by atoms with E-state index in [1.165, 1.54) is 6.42 Å². The molecular formula is C17H23NO4. The van der Waals surface area contributed by atoms with Crippen molar-refractivity contribution in [2.45, 2.75) is 31.3 Å². The van der Waals surface area contributed by atoms with Gasteiger partial charge in [-0.05, 0) is 37.3 Å². The fourth-order valence-electron chi connectivity index (χ4n) is 3.77. The van der Waals surface area contributed by atoms with Crippen molar-refractivity contribution in [1.82, 2.24) is 4.90 Å². The second-order valence-corrected chi connectivity index (χ2v) is 6.02. The Hall–Kier alpha value is -1.75. The molecule has 3 rings (SSSR count). The van der Waals surface area contributed by atoms with Crippen molar-refractivity contribution in [1.29, 1.82) is 0 Å². The second kappa shape index (κ2) is 6.57. The van der Waals surface area contributed by atoms with Crippen molar-refractivity contribution < 1.29 is 19.0 Å². The van der Waals surface area contributed by atoms with E-state index in [2.05, 4.69) is 0 Å². The molecule has 2 bridgehead atoms. The molecule has 2 unspecified atom stereocenters. The third kappa shape index (κ3) is 2.90. The first-order valence-corrected chi connectivity index (χ1v) is 7.80. The molecule has 0 spiro atoms. The molecule has 1 aromatic rings. The highest BCUT2D eigenvalue weighted by Crippen LogP contribution is 2.42. The summed E-state index contributed by atoms with van der Waals surface area (Å²) in [5, 5.41) is 0. The molecule has 1 saturated heterocycles. The van der Waals surface area contributed by atoms with Crippen molar-refractivity contribution in [2.24, 2.45) is 5.92 Å². The maximum absolute atomic E-state index is 12.3. The highest BCUT2D eigenvalue weighted by atomic mass is 16.5. The van der Waals surface area contributed by atoms with E-state index in [-0.39, 0.29) is 18.6 Å². The van der Waals surface area contributed by atoms with Gasteiger partial charge in [-0.1, -0.05) is 6.07 Å². The molecule has 1 aliphatic heterocycles. The number of piperidine rings is 1. The molecule has 1 aromatic carbocycles. The second-order valence-electron chi connectivity index (χ2n) is 6.02. The van der Waals surface area contributed by atoms with E-state index in [0.29, 0.717) is 18.6 Å². The van der Waals surface area contributed by atoms with Gasteiger partial charge < -0.3 is 19.1 Å². The zero-order valence-corrected chi connectivity index (χ0v) is 13.2. The van der Waals surface area contributed by atoms with Crippen LogP contribution in [0.15, 0.2) is 24.3 Å². The standard InChI is InChI=1S/C17H23NO4/c1-20-11-17(19)18-13-7-6-12(8-13)16(18)10-22-15-5-3-4-14(9-15)21-2/h3-5,9,12-13,16H,6-8,10-11H2,1-2H3/t12?,13?,16-/m1/s1. The van der Waals surface area contributed by atoms with Gasteiger partial charge in [0.1, 0.15) is 24.7 Å². The number of carbonyl (C=O) groups excluding carboxylic acids is 1. The third-order valence-corrected chi connectivity index (χ3v) is 4.76. The summed E-state index contributed by atoms with van der Waals surface area (Å²) in [6.45, 7) is 0.683. The first-order valence-electron chi connectivity index (χ1n) is 7.80. The summed E-state index contributed by atoms with van der Waals surface area (Å²) in [5.74, 6) is 2.18. The molecule has 1 aliphatic carbocycles. The molecular weight excluding hydrogens is 282 g/mol. The van der Waals surface area contributed by atoms with E-state index in [1.807, 2.05) is 29.2 Å². The first kappa shape index (κ1) is 15.2. The minimum absolute atomic E-state index is 0.0777.